The van der Waals surface area contributed by atoms with Crippen LogP contribution in [0.25, 0.3) is 16.9 Å². The van der Waals surface area contributed by atoms with E-state index >= 15 is 0 Å². The lowest BCUT2D eigenvalue weighted by atomic mass is 9.95. The highest BCUT2D eigenvalue weighted by Crippen LogP contribution is 2.32. The Kier molecular flexibility index (Phi) is 8.07. The predicted octanol–water partition coefficient (Wildman–Crippen LogP) is 4.25. The summed E-state index contributed by atoms with van der Waals surface area (Å²) >= 11 is 0. The molecule has 1 atom stereocenters. The largest absolute Gasteiger partial charge is 0.497 e. The average Bonchev–Trinajstić information content (AvgIpc) is 3.27. The third-order valence-electron chi connectivity index (χ3n) is 5.54. The molecule has 2 N–H and O–H groups in total. The maximum absolute atomic E-state index is 11.6. The molecule has 8 heteroatoms. The topological polar surface area (TPSA) is 111 Å². The zero-order valence-electron chi connectivity index (χ0n) is 19.7. The van der Waals surface area contributed by atoms with E-state index in [1.54, 1.807) is 18.7 Å². The van der Waals surface area contributed by atoms with E-state index in [1.807, 2.05) is 61.5 Å². The summed E-state index contributed by atoms with van der Waals surface area (Å²) < 4.78 is 12.1. The van der Waals surface area contributed by atoms with Crippen molar-refractivity contribution in [2.75, 3.05) is 13.7 Å². The van der Waals surface area contributed by atoms with E-state index in [9.17, 15) is 14.7 Å². The number of rotatable bonds is 11. The highest BCUT2D eigenvalue weighted by molar-refractivity contribution is 5.76. The zero-order chi connectivity index (χ0) is 24.7. The van der Waals surface area contributed by atoms with Crippen molar-refractivity contribution in [3.8, 4) is 22.7 Å². The molecule has 0 radical (unpaired) electrons. The molecule has 180 valence electrons. The molecule has 3 aromatic rings. The molecule has 0 amide bonds. The second-order valence-corrected chi connectivity index (χ2v) is 8.38. The van der Waals surface area contributed by atoms with Crippen LogP contribution in [0.5, 0.6) is 5.75 Å². The van der Waals surface area contributed by atoms with Crippen molar-refractivity contribution in [3.63, 3.8) is 0 Å². The molecule has 0 fully saturated rings. The third kappa shape index (κ3) is 6.45. The van der Waals surface area contributed by atoms with Crippen LogP contribution in [0.15, 0.2) is 54.6 Å². The van der Waals surface area contributed by atoms with Gasteiger partial charge in [-0.25, -0.2) is 4.68 Å². The number of ether oxygens (including phenoxy) is 2. The van der Waals surface area contributed by atoms with Crippen molar-refractivity contribution >= 4 is 11.9 Å². The first-order valence-corrected chi connectivity index (χ1v) is 11.1. The first-order chi connectivity index (χ1) is 16.2. The van der Waals surface area contributed by atoms with Gasteiger partial charge in [0.15, 0.2) is 0 Å². The van der Waals surface area contributed by atoms with E-state index in [4.69, 9.17) is 19.7 Å². The van der Waals surface area contributed by atoms with Gasteiger partial charge in [-0.15, -0.1) is 0 Å². The molecule has 8 nitrogen and oxygen atoms in total. The second-order valence-electron chi connectivity index (χ2n) is 8.38. The van der Waals surface area contributed by atoms with Crippen LogP contribution in [0.3, 0.4) is 0 Å². The van der Waals surface area contributed by atoms with Crippen molar-refractivity contribution in [2.45, 2.75) is 45.1 Å². The van der Waals surface area contributed by atoms with E-state index in [2.05, 4.69) is 0 Å². The molecule has 0 saturated carbocycles. The van der Waals surface area contributed by atoms with E-state index in [0.29, 0.717) is 18.5 Å². The van der Waals surface area contributed by atoms with Gasteiger partial charge in [-0.2, -0.15) is 5.10 Å². The van der Waals surface area contributed by atoms with Crippen molar-refractivity contribution in [1.82, 2.24) is 9.78 Å². The molecule has 1 unspecified atom stereocenters. The van der Waals surface area contributed by atoms with Gasteiger partial charge >= 0.3 is 11.9 Å². The van der Waals surface area contributed by atoms with Crippen LogP contribution >= 0.6 is 0 Å². The molecule has 34 heavy (non-hydrogen) atoms. The Bertz CT molecular complexity index is 1120. The van der Waals surface area contributed by atoms with Crippen molar-refractivity contribution in [2.24, 2.45) is 0 Å². The van der Waals surface area contributed by atoms with E-state index in [1.165, 1.54) is 0 Å². The summed E-state index contributed by atoms with van der Waals surface area (Å²) in [6, 6.07) is 17.5. The standard InChI is InChI=1S/C26H30N2O6/c1-18-5-7-19(8-6-18)22-17-23(27-28(22)20-9-11-21(33-3)12-10-20)26(2,32)15-4-16-34-25(31)14-13-24(29)30/h5-12,17,32H,4,13-16H2,1-3H3,(H,29,30). The summed E-state index contributed by atoms with van der Waals surface area (Å²) in [4.78, 5) is 22.1. The fourth-order valence-corrected chi connectivity index (χ4v) is 3.51. The van der Waals surface area contributed by atoms with Gasteiger partial charge in [-0.3, -0.25) is 9.59 Å². The van der Waals surface area contributed by atoms with E-state index in [-0.39, 0.29) is 19.4 Å². The van der Waals surface area contributed by atoms with Crippen LogP contribution in [0, 0.1) is 6.92 Å². The van der Waals surface area contributed by atoms with E-state index < -0.39 is 17.5 Å². The Balaban J connectivity index is 1.79. The molecular weight excluding hydrogens is 436 g/mol. The number of aliphatic carboxylic acids is 1. The molecule has 0 bridgehead atoms. The summed E-state index contributed by atoms with van der Waals surface area (Å²) in [5, 5.41) is 24.5. The summed E-state index contributed by atoms with van der Waals surface area (Å²) in [6.45, 7) is 3.80. The minimum atomic E-state index is -1.26. The molecule has 0 aliphatic rings. The zero-order valence-corrected chi connectivity index (χ0v) is 19.7. The maximum Gasteiger partial charge on any atom is 0.306 e. The summed E-state index contributed by atoms with van der Waals surface area (Å²) in [6.07, 6.45) is 0.284. The summed E-state index contributed by atoms with van der Waals surface area (Å²) in [5.74, 6) is -0.873. The van der Waals surface area contributed by atoms with Crippen LogP contribution in [0.4, 0.5) is 0 Å². The first-order valence-electron chi connectivity index (χ1n) is 11.1. The third-order valence-corrected chi connectivity index (χ3v) is 5.54. The molecular formula is C26H30N2O6. The highest BCUT2D eigenvalue weighted by atomic mass is 16.5. The number of carboxylic acid groups (broad SMARTS) is 1. The number of methoxy groups -OCH3 is 1. The van der Waals surface area contributed by atoms with Gasteiger partial charge < -0.3 is 19.7 Å². The molecule has 1 aromatic heterocycles. The Morgan fingerprint density at radius 2 is 1.74 bits per heavy atom. The Morgan fingerprint density at radius 3 is 2.35 bits per heavy atom. The van der Waals surface area contributed by atoms with Gasteiger partial charge in [-0.05, 0) is 57.0 Å². The van der Waals surface area contributed by atoms with Gasteiger partial charge in [0.05, 0.1) is 43.6 Å². The highest BCUT2D eigenvalue weighted by Gasteiger charge is 2.28. The molecule has 1 heterocycles. The molecule has 3 rings (SSSR count). The number of carboxylic acids is 1. The SMILES string of the molecule is COc1ccc(-n2nc(C(C)(O)CCCOC(=O)CCC(=O)O)cc2-c2ccc(C)cc2)cc1. The van der Waals surface area contributed by atoms with Crippen molar-refractivity contribution in [1.29, 1.82) is 0 Å². The number of esters is 1. The Morgan fingerprint density at radius 1 is 1.06 bits per heavy atom. The monoisotopic (exact) mass is 466 g/mol. The number of hydrogen-bond donors (Lipinski definition) is 2. The molecule has 2 aromatic carbocycles. The van der Waals surface area contributed by atoms with Gasteiger partial charge in [0, 0.05) is 5.56 Å². The van der Waals surface area contributed by atoms with Gasteiger partial charge in [0.2, 0.25) is 0 Å². The quantitative estimate of drug-likeness (QED) is 0.321. The normalized spacial score (nSPS) is 12.7. The molecule has 0 aliphatic carbocycles. The smallest absolute Gasteiger partial charge is 0.306 e. The summed E-state index contributed by atoms with van der Waals surface area (Å²) in [7, 11) is 1.61. The maximum atomic E-state index is 11.6. The number of aryl methyl sites for hydroxylation is 1. The van der Waals surface area contributed by atoms with Crippen LogP contribution in [-0.2, 0) is 19.9 Å². The Labute approximate surface area is 198 Å². The number of nitrogens with zero attached hydrogens (tertiary/aromatic N) is 2. The van der Waals surface area contributed by atoms with Gasteiger partial charge in [0.1, 0.15) is 11.4 Å². The predicted molar refractivity (Wildman–Crippen MR) is 127 cm³/mol. The first kappa shape index (κ1) is 25.0. The fraction of sp³-hybridized carbons (Fsp3) is 0.346. The van der Waals surface area contributed by atoms with Crippen LogP contribution in [-0.4, -0.2) is 45.6 Å². The van der Waals surface area contributed by atoms with E-state index in [0.717, 1.165) is 28.3 Å². The van der Waals surface area contributed by atoms with Crippen molar-refractivity contribution < 1.29 is 29.3 Å². The lowest BCUT2D eigenvalue weighted by Gasteiger charge is -2.20. The number of carbonyl (C=O) groups excluding carboxylic acids is 1. The van der Waals surface area contributed by atoms with Crippen molar-refractivity contribution in [3.05, 3.63) is 65.9 Å². The molecule has 0 spiro atoms. The van der Waals surface area contributed by atoms with Crippen LogP contribution in [0.2, 0.25) is 0 Å². The number of hydrogen-bond acceptors (Lipinski definition) is 6. The second kappa shape index (κ2) is 11.0. The Hall–Kier alpha value is -3.65. The number of aliphatic hydroxyl groups is 1. The van der Waals surface area contributed by atoms with Crippen LogP contribution < -0.4 is 4.74 Å². The fourth-order valence-electron chi connectivity index (χ4n) is 3.51. The molecule has 0 saturated heterocycles. The number of benzene rings is 2. The average molecular weight is 467 g/mol. The lowest BCUT2D eigenvalue weighted by Crippen LogP contribution is -2.23. The minimum absolute atomic E-state index is 0.0958. The number of aromatic nitrogens is 2. The lowest BCUT2D eigenvalue weighted by molar-refractivity contribution is -0.148. The van der Waals surface area contributed by atoms with Crippen LogP contribution in [0.1, 0.15) is 43.9 Å². The summed E-state index contributed by atoms with van der Waals surface area (Å²) in [5.41, 5.74) is 3.00. The molecule has 0 aliphatic heterocycles. The van der Waals surface area contributed by atoms with Gasteiger partial charge in [0.25, 0.3) is 0 Å². The number of carbonyl (C=O) groups is 2. The van der Waals surface area contributed by atoms with Gasteiger partial charge in [-0.1, -0.05) is 29.8 Å². The minimum Gasteiger partial charge on any atom is -0.497 e.